The largest absolute Gasteiger partial charge is 0.465 e. The van der Waals surface area contributed by atoms with Gasteiger partial charge in [-0.05, 0) is 77.0 Å². The highest BCUT2D eigenvalue weighted by Crippen LogP contribution is 2.18. The number of carbonyl (C=O) groups excluding carboxylic acids is 2. The first kappa shape index (κ1) is 69.8. The maximum Gasteiger partial charge on any atom is 0.305 e. The van der Waals surface area contributed by atoms with Crippen LogP contribution in [0.1, 0.15) is 335 Å². The molecule has 0 radical (unpaired) electrons. The Hall–Kier alpha value is -2.18. The number of aliphatic hydroxyl groups excluding tert-OH is 2. The number of esters is 1. The van der Waals surface area contributed by atoms with E-state index in [1.807, 2.05) is 0 Å². The summed E-state index contributed by atoms with van der Waals surface area (Å²) in [5.41, 5.74) is 0. The number of hydrogen-bond donors (Lipinski definition) is 3. The van der Waals surface area contributed by atoms with Gasteiger partial charge in [-0.15, -0.1) is 0 Å². The summed E-state index contributed by atoms with van der Waals surface area (Å²) in [5, 5.41) is 23.4. The molecule has 72 heavy (non-hydrogen) atoms. The van der Waals surface area contributed by atoms with Crippen LogP contribution in [0, 0.1) is 0 Å². The van der Waals surface area contributed by atoms with Gasteiger partial charge < -0.3 is 20.3 Å². The van der Waals surface area contributed by atoms with Crippen molar-refractivity contribution in [2.75, 3.05) is 13.2 Å². The summed E-state index contributed by atoms with van der Waals surface area (Å²) in [7, 11) is 0. The fourth-order valence-electron chi connectivity index (χ4n) is 9.75. The number of carbonyl (C=O) groups is 2. The molecule has 0 aliphatic carbocycles. The molecule has 0 saturated carbocycles. The Balaban J connectivity index is 3.46. The van der Waals surface area contributed by atoms with E-state index in [0.29, 0.717) is 25.9 Å². The van der Waals surface area contributed by atoms with Crippen LogP contribution in [0.5, 0.6) is 0 Å². The van der Waals surface area contributed by atoms with E-state index in [1.54, 1.807) is 0 Å². The van der Waals surface area contributed by atoms with Crippen molar-refractivity contribution in [1.82, 2.24) is 5.32 Å². The Morgan fingerprint density at radius 2 is 0.694 bits per heavy atom. The molecule has 422 valence electrons. The van der Waals surface area contributed by atoms with E-state index in [1.165, 1.54) is 238 Å². The monoisotopic (exact) mass is 1010 g/mol. The molecule has 0 aromatic rings. The second kappa shape index (κ2) is 61.4. The summed E-state index contributed by atoms with van der Waals surface area (Å²) in [5.74, 6) is -0.0870. The van der Waals surface area contributed by atoms with Gasteiger partial charge >= 0.3 is 5.97 Å². The number of rotatable bonds is 59. The second-order valence-electron chi connectivity index (χ2n) is 21.7. The van der Waals surface area contributed by atoms with Gasteiger partial charge in [-0.3, -0.25) is 9.59 Å². The molecule has 1 amide bonds. The predicted octanol–water partition coefficient (Wildman–Crippen LogP) is 20.1. The molecule has 0 aliphatic heterocycles. The van der Waals surface area contributed by atoms with Gasteiger partial charge in [0.2, 0.25) is 5.91 Å². The van der Waals surface area contributed by atoms with Crippen LogP contribution in [0.4, 0.5) is 0 Å². The minimum Gasteiger partial charge on any atom is -0.465 e. The molecule has 0 bridgehead atoms. The van der Waals surface area contributed by atoms with E-state index >= 15 is 0 Å². The lowest BCUT2D eigenvalue weighted by molar-refractivity contribution is -0.143. The third kappa shape index (κ3) is 57.1. The highest BCUT2D eigenvalue weighted by atomic mass is 16.5. The third-order valence-electron chi connectivity index (χ3n) is 14.6. The number of allylic oxidation sites excluding steroid dienone is 7. The van der Waals surface area contributed by atoms with E-state index in [2.05, 4.69) is 67.8 Å². The Kier molecular flexibility index (Phi) is 59.5. The lowest BCUT2D eigenvalue weighted by atomic mass is 10.0. The molecule has 0 aromatic heterocycles. The average Bonchev–Trinajstić information content (AvgIpc) is 3.38. The Morgan fingerprint density at radius 1 is 0.389 bits per heavy atom. The van der Waals surface area contributed by atoms with Crippen molar-refractivity contribution in [3.05, 3.63) is 48.6 Å². The van der Waals surface area contributed by atoms with E-state index in [-0.39, 0.29) is 18.5 Å². The zero-order valence-electron chi connectivity index (χ0n) is 48.2. The Morgan fingerprint density at radius 3 is 1.08 bits per heavy atom. The van der Waals surface area contributed by atoms with E-state index in [9.17, 15) is 19.8 Å². The zero-order valence-corrected chi connectivity index (χ0v) is 48.2. The lowest BCUT2D eigenvalue weighted by Gasteiger charge is -2.22. The van der Waals surface area contributed by atoms with Crippen molar-refractivity contribution in [2.24, 2.45) is 0 Å². The van der Waals surface area contributed by atoms with Crippen LogP contribution in [0.25, 0.3) is 0 Å². The van der Waals surface area contributed by atoms with Gasteiger partial charge in [0.15, 0.2) is 0 Å². The molecule has 6 heteroatoms. The molecular weight excluding hydrogens is 887 g/mol. The molecule has 0 fully saturated rings. The number of ether oxygens (including phenoxy) is 1. The summed E-state index contributed by atoms with van der Waals surface area (Å²) in [6.45, 7) is 4.83. The Labute approximate surface area is 448 Å². The van der Waals surface area contributed by atoms with Gasteiger partial charge in [0.25, 0.3) is 0 Å². The number of aliphatic hydroxyl groups is 2. The van der Waals surface area contributed by atoms with E-state index < -0.39 is 12.1 Å². The predicted molar refractivity (Wildman–Crippen MR) is 315 cm³/mol. The zero-order chi connectivity index (χ0) is 52.2. The van der Waals surface area contributed by atoms with Gasteiger partial charge in [-0.2, -0.15) is 0 Å². The van der Waals surface area contributed by atoms with Crippen LogP contribution in [0.2, 0.25) is 0 Å². The molecule has 3 N–H and O–H groups in total. The third-order valence-corrected chi connectivity index (χ3v) is 14.6. The molecule has 0 aromatic carbocycles. The first-order chi connectivity index (χ1) is 35.5. The molecule has 0 heterocycles. The molecule has 2 atom stereocenters. The summed E-state index contributed by atoms with van der Waals surface area (Å²) in [6.07, 6.45) is 78.5. The summed E-state index contributed by atoms with van der Waals surface area (Å²) in [6, 6.07) is -0.547. The van der Waals surface area contributed by atoms with Crippen LogP contribution < -0.4 is 5.32 Å². The normalized spacial score (nSPS) is 12.9. The first-order valence-electron chi connectivity index (χ1n) is 31.9. The minimum absolute atomic E-state index is 0.0379. The van der Waals surface area contributed by atoms with Crippen molar-refractivity contribution in [3.8, 4) is 0 Å². The lowest BCUT2D eigenvalue weighted by Crippen LogP contribution is -2.45. The van der Waals surface area contributed by atoms with Gasteiger partial charge in [0.1, 0.15) is 0 Å². The number of nitrogens with one attached hydrogen (secondary N) is 1. The van der Waals surface area contributed by atoms with Crippen LogP contribution in [-0.2, 0) is 14.3 Å². The molecule has 0 aliphatic rings. The molecule has 0 rings (SSSR count). The average molecular weight is 1010 g/mol. The van der Waals surface area contributed by atoms with E-state index in [0.717, 1.165) is 64.2 Å². The molecule has 2 unspecified atom stereocenters. The Bertz CT molecular complexity index is 1210. The summed E-state index contributed by atoms with van der Waals surface area (Å²) in [4.78, 5) is 24.5. The fourth-order valence-corrected chi connectivity index (χ4v) is 9.75. The maximum atomic E-state index is 12.5. The standard InChI is InChI=1S/C66H123NO5/c1-3-5-7-9-11-13-15-17-19-20-24-27-31-34-38-42-46-50-54-58-64(69)63(62-68)67-65(70)59-55-51-47-43-39-35-32-28-25-22-21-23-26-29-33-37-41-45-49-53-57-61-72-66(71)60-56-52-48-44-40-36-30-18-16-14-12-10-8-6-4-2/h12,14,18,30,37,41,49,53,63-64,68-69H,3-11,13,15-17,19-29,31-36,38-40,42-48,50-52,54-62H2,1-2H3,(H,67,70)/b14-12-,30-18-,41-37-,53-49-. The van der Waals surface area contributed by atoms with Crippen molar-refractivity contribution >= 4 is 11.9 Å². The van der Waals surface area contributed by atoms with E-state index in [4.69, 9.17) is 4.74 Å². The molecule has 6 nitrogen and oxygen atoms in total. The topological polar surface area (TPSA) is 95.9 Å². The van der Waals surface area contributed by atoms with Gasteiger partial charge in [-0.25, -0.2) is 0 Å². The molecule has 0 spiro atoms. The fraction of sp³-hybridized carbons (Fsp3) is 0.848. The maximum absolute atomic E-state index is 12.5. The van der Waals surface area contributed by atoms with Crippen LogP contribution in [0.15, 0.2) is 48.6 Å². The SMILES string of the molecule is CCCCC/C=C\C/C=C\CCCCCCCC(=O)OCC/C=C\C/C=C\CCCCCCCCCCCCCCCCC(=O)NC(CO)C(O)CCCCCCCCCCCCCCCCCCCCC. The summed E-state index contributed by atoms with van der Waals surface area (Å²) >= 11 is 0. The highest BCUT2D eigenvalue weighted by Gasteiger charge is 2.20. The first-order valence-corrected chi connectivity index (χ1v) is 31.9. The smallest absolute Gasteiger partial charge is 0.305 e. The number of unbranched alkanes of at least 4 members (excludes halogenated alkanes) is 40. The van der Waals surface area contributed by atoms with Crippen LogP contribution >= 0.6 is 0 Å². The van der Waals surface area contributed by atoms with Crippen molar-refractivity contribution in [3.63, 3.8) is 0 Å². The quantitative estimate of drug-likeness (QED) is 0.0320. The molecule has 0 saturated heterocycles. The number of hydrogen-bond acceptors (Lipinski definition) is 5. The van der Waals surface area contributed by atoms with Crippen molar-refractivity contribution in [1.29, 1.82) is 0 Å². The van der Waals surface area contributed by atoms with Gasteiger partial charge in [-0.1, -0.05) is 294 Å². The van der Waals surface area contributed by atoms with Crippen molar-refractivity contribution < 1.29 is 24.5 Å². The molecular formula is C66H123NO5. The summed E-state index contributed by atoms with van der Waals surface area (Å²) < 4.78 is 5.41. The number of amides is 1. The van der Waals surface area contributed by atoms with Crippen LogP contribution in [0.3, 0.4) is 0 Å². The second-order valence-corrected chi connectivity index (χ2v) is 21.7. The van der Waals surface area contributed by atoms with Gasteiger partial charge in [0.05, 0.1) is 25.4 Å². The van der Waals surface area contributed by atoms with Crippen LogP contribution in [-0.4, -0.2) is 47.4 Å². The minimum atomic E-state index is -0.670. The highest BCUT2D eigenvalue weighted by molar-refractivity contribution is 5.76. The van der Waals surface area contributed by atoms with Crippen molar-refractivity contribution in [2.45, 2.75) is 347 Å². The van der Waals surface area contributed by atoms with Gasteiger partial charge in [0, 0.05) is 12.8 Å².